The number of nitrogens with zero attached hydrogens (tertiary/aromatic N) is 2. The predicted octanol–water partition coefficient (Wildman–Crippen LogP) is 5.32. The second kappa shape index (κ2) is 6.84. The molecule has 2 bridgehead atoms. The van der Waals surface area contributed by atoms with Gasteiger partial charge in [-0.05, 0) is 50.7 Å². The van der Waals surface area contributed by atoms with Crippen molar-refractivity contribution in [3.63, 3.8) is 0 Å². The van der Waals surface area contributed by atoms with E-state index in [1.165, 1.54) is 23.1 Å². The van der Waals surface area contributed by atoms with E-state index < -0.39 is 22.2 Å². The second-order valence-electron chi connectivity index (χ2n) is 8.89. The molecule has 6 nitrogen and oxygen atoms in total. The zero-order chi connectivity index (χ0) is 23.1. The Labute approximate surface area is 198 Å². The molecule has 164 valence electrons. The fourth-order valence-corrected chi connectivity index (χ4v) is 7.10. The number of imide groups is 1. The van der Waals surface area contributed by atoms with E-state index >= 15 is 0 Å². The van der Waals surface area contributed by atoms with Gasteiger partial charge in [0.05, 0.1) is 22.4 Å². The number of nitro benzene ring substituents is 1. The molecule has 2 atom stereocenters. The summed E-state index contributed by atoms with van der Waals surface area (Å²) in [6.07, 6.45) is 0.684. The molecule has 2 amide bonds. The number of rotatable bonds is 3. The first-order valence-electron chi connectivity index (χ1n) is 10.9. The zero-order valence-corrected chi connectivity index (χ0v) is 19.3. The van der Waals surface area contributed by atoms with Crippen LogP contribution in [0.2, 0.25) is 0 Å². The molecule has 3 aromatic rings. The van der Waals surface area contributed by atoms with E-state index in [2.05, 4.69) is 47.1 Å². The van der Waals surface area contributed by atoms with Crippen LogP contribution in [0, 0.1) is 22.0 Å². The minimum absolute atomic E-state index is 0.105. The Balaban J connectivity index is 1.59. The van der Waals surface area contributed by atoms with Crippen LogP contribution in [0.3, 0.4) is 0 Å². The highest BCUT2D eigenvalue weighted by Crippen LogP contribution is 2.65. The van der Waals surface area contributed by atoms with Crippen molar-refractivity contribution in [3.05, 3.63) is 104 Å². The summed E-state index contributed by atoms with van der Waals surface area (Å²) >= 11 is 3.36. The monoisotopic (exact) mass is 502 g/mol. The first-order chi connectivity index (χ1) is 15.9. The Morgan fingerprint density at radius 1 is 0.970 bits per heavy atom. The van der Waals surface area contributed by atoms with Gasteiger partial charge in [0.15, 0.2) is 0 Å². The number of halogens is 1. The molecule has 33 heavy (non-hydrogen) atoms. The van der Waals surface area contributed by atoms with Crippen LogP contribution in [0.4, 0.5) is 11.4 Å². The van der Waals surface area contributed by atoms with E-state index in [-0.39, 0.29) is 23.4 Å². The highest BCUT2D eigenvalue weighted by Gasteiger charge is 2.67. The minimum Gasteiger partial charge on any atom is -0.274 e. The number of hydrogen-bond acceptors (Lipinski definition) is 4. The van der Waals surface area contributed by atoms with Crippen molar-refractivity contribution >= 4 is 39.1 Å². The molecule has 0 radical (unpaired) electrons. The van der Waals surface area contributed by atoms with E-state index in [4.69, 9.17) is 0 Å². The van der Waals surface area contributed by atoms with Gasteiger partial charge >= 0.3 is 0 Å². The van der Waals surface area contributed by atoms with Crippen LogP contribution >= 0.6 is 15.9 Å². The molecule has 7 rings (SSSR count). The molecular formula is C26H19BrN2O4. The highest BCUT2D eigenvalue weighted by atomic mass is 79.9. The van der Waals surface area contributed by atoms with Gasteiger partial charge in [-0.25, -0.2) is 4.90 Å². The van der Waals surface area contributed by atoms with Gasteiger partial charge < -0.3 is 0 Å². The molecule has 1 fully saturated rings. The SMILES string of the molecule is CCC12c3ccccc3C(c3ccccc31)[C@H]1C(=O)N(c3ccc([N+](=O)[O-])cc3Br)C(=O)[C@H]12. The van der Waals surface area contributed by atoms with Gasteiger partial charge in [0.1, 0.15) is 0 Å². The maximum absolute atomic E-state index is 14.0. The van der Waals surface area contributed by atoms with Crippen molar-refractivity contribution in [2.75, 3.05) is 4.90 Å². The van der Waals surface area contributed by atoms with E-state index in [0.29, 0.717) is 16.6 Å². The largest absolute Gasteiger partial charge is 0.274 e. The van der Waals surface area contributed by atoms with Gasteiger partial charge in [-0.3, -0.25) is 19.7 Å². The summed E-state index contributed by atoms with van der Waals surface area (Å²) in [5, 5.41) is 11.2. The lowest BCUT2D eigenvalue weighted by Gasteiger charge is -2.54. The fourth-order valence-electron chi connectivity index (χ4n) is 6.56. The zero-order valence-electron chi connectivity index (χ0n) is 17.7. The predicted molar refractivity (Wildman–Crippen MR) is 126 cm³/mol. The van der Waals surface area contributed by atoms with Gasteiger partial charge in [-0.2, -0.15) is 0 Å². The fraction of sp³-hybridized carbons (Fsp3) is 0.231. The number of carbonyl (C=O) groups excluding carboxylic acids is 2. The van der Waals surface area contributed by atoms with Crippen LogP contribution in [0.1, 0.15) is 41.5 Å². The Morgan fingerprint density at radius 3 is 2.12 bits per heavy atom. The Morgan fingerprint density at radius 2 is 1.58 bits per heavy atom. The molecule has 4 aliphatic rings. The lowest BCUT2D eigenvalue weighted by atomic mass is 9.46. The average molecular weight is 503 g/mol. The number of carbonyl (C=O) groups is 2. The molecule has 0 spiro atoms. The third-order valence-electron chi connectivity index (χ3n) is 7.73. The number of nitro groups is 1. The molecule has 3 aliphatic carbocycles. The second-order valence-corrected chi connectivity index (χ2v) is 9.74. The summed E-state index contributed by atoms with van der Waals surface area (Å²) in [6, 6.07) is 20.5. The molecule has 7 heteroatoms. The summed E-state index contributed by atoms with van der Waals surface area (Å²) < 4.78 is 0.352. The maximum atomic E-state index is 14.0. The lowest BCUT2D eigenvalue weighted by Crippen LogP contribution is -2.53. The van der Waals surface area contributed by atoms with Crippen molar-refractivity contribution in [1.29, 1.82) is 0 Å². The molecule has 0 aromatic heterocycles. The van der Waals surface area contributed by atoms with Crippen LogP contribution in [0.15, 0.2) is 71.2 Å². The number of non-ortho nitro benzene ring substituents is 1. The smallest absolute Gasteiger partial charge is 0.270 e. The van der Waals surface area contributed by atoms with E-state index in [1.807, 2.05) is 24.3 Å². The standard InChI is InChI=1S/C26H19BrN2O4/c1-2-26-17-9-5-3-7-15(17)21(16-8-4-6-10-18(16)26)22-23(26)25(31)28(24(22)30)20-12-11-14(29(32)33)13-19(20)27/h3-13,21-23H,2H2,1H3/t21?,22-,23+,26?/m1/s1. The Kier molecular flexibility index (Phi) is 4.21. The van der Waals surface area contributed by atoms with E-state index in [1.54, 1.807) is 0 Å². The minimum atomic E-state index is -0.596. The summed E-state index contributed by atoms with van der Waals surface area (Å²) in [5.41, 5.74) is 4.14. The average Bonchev–Trinajstić information content (AvgIpc) is 3.10. The Bertz CT molecular complexity index is 1340. The van der Waals surface area contributed by atoms with E-state index in [0.717, 1.165) is 22.3 Å². The molecule has 0 N–H and O–H groups in total. The molecule has 1 saturated heterocycles. The van der Waals surface area contributed by atoms with Crippen molar-refractivity contribution in [3.8, 4) is 0 Å². The van der Waals surface area contributed by atoms with Crippen molar-refractivity contribution in [2.24, 2.45) is 11.8 Å². The van der Waals surface area contributed by atoms with Crippen molar-refractivity contribution < 1.29 is 14.5 Å². The van der Waals surface area contributed by atoms with E-state index in [9.17, 15) is 19.7 Å². The van der Waals surface area contributed by atoms with Crippen LogP contribution in [-0.2, 0) is 15.0 Å². The number of anilines is 1. The van der Waals surface area contributed by atoms with Crippen molar-refractivity contribution in [2.45, 2.75) is 24.7 Å². The Hall–Kier alpha value is -3.32. The van der Waals surface area contributed by atoms with Gasteiger partial charge in [0, 0.05) is 27.9 Å². The molecule has 1 aliphatic heterocycles. The quantitative estimate of drug-likeness (QED) is 0.275. The first kappa shape index (κ1) is 20.3. The van der Waals surface area contributed by atoms with Crippen LogP contribution < -0.4 is 4.90 Å². The topological polar surface area (TPSA) is 80.5 Å². The first-order valence-corrected chi connectivity index (χ1v) is 11.7. The molecular weight excluding hydrogens is 484 g/mol. The van der Waals surface area contributed by atoms with Gasteiger partial charge in [-0.1, -0.05) is 55.5 Å². The van der Waals surface area contributed by atoms with Gasteiger partial charge in [-0.15, -0.1) is 0 Å². The van der Waals surface area contributed by atoms with Crippen molar-refractivity contribution in [1.82, 2.24) is 0 Å². The number of amides is 2. The summed E-state index contributed by atoms with van der Waals surface area (Å²) in [5.74, 6) is -1.72. The molecule has 3 aromatic carbocycles. The lowest BCUT2D eigenvalue weighted by molar-refractivity contribution is -0.384. The van der Waals surface area contributed by atoms with Crippen LogP contribution in [0.5, 0.6) is 0 Å². The highest BCUT2D eigenvalue weighted by molar-refractivity contribution is 9.10. The summed E-state index contributed by atoms with van der Waals surface area (Å²) in [6.45, 7) is 2.08. The molecule has 0 saturated carbocycles. The third-order valence-corrected chi connectivity index (χ3v) is 8.37. The van der Waals surface area contributed by atoms with Crippen LogP contribution in [0.25, 0.3) is 0 Å². The van der Waals surface area contributed by atoms with Gasteiger partial charge in [0.25, 0.3) is 5.69 Å². The molecule has 0 unspecified atom stereocenters. The maximum Gasteiger partial charge on any atom is 0.270 e. The number of hydrogen-bond donors (Lipinski definition) is 0. The van der Waals surface area contributed by atoms with Gasteiger partial charge in [0.2, 0.25) is 11.8 Å². The number of benzene rings is 3. The summed E-state index contributed by atoms with van der Waals surface area (Å²) in [7, 11) is 0. The van der Waals surface area contributed by atoms with Crippen LogP contribution in [-0.4, -0.2) is 16.7 Å². The summed E-state index contributed by atoms with van der Waals surface area (Å²) in [4.78, 5) is 39.9. The molecule has 1 heterocycles. The third kappa shape index (κ3) is 2.38. The normalized spacial score (nSPS) is 26.7.